The van der Waals surface area contributed by atoms with Crippen LogP contribution in [-0.4, -0.2) is 56.2 Å². The van der Waals surface area contributed by atoms with Crippen LogP contribution in [0.2, 0.25) is 0 Å². The fourth-order valence-corrected chi connectivity index (χ4v) is 1.99. The van der Waals surface area contributed by atoms with Crippen molar-refractivity contribution < 1.29 is 9.53 Å². The van der Waals surface area contributed by atoms with Crippen LogP contribution in [0.15, 0.2) is 0 Å². The molecule has 5 heteroatoms. The Balaban J connectivity index is 4.08. The highest BCUT2D eigenvalue weighted by Crippen LogP contribution is 2.12. The largest absolute Gasteiger partial charge is 0.383 e. The summed E-state index contributed by atoms with van der Waals surface area (Å²) in [6, 6.07) is 0. The normalized spacial score (nSPS) is 14.7. The lowest BCUT2D eigenvalue weighted by molar-refractivity contribution is -0.124. The molecule has 0 aliphatic rings. The molecule has 0 saturated heterocycles. The lowest BCUT2D eigenvalue weighted by atomic mass is 9.94. The van der Waals surface area contributed by atoms with Crippen molar-refractivity contribution in [3.8, 4) is 0 Å². The quantitative estimate of drug-likeness (QED) is 0.570. The molecule has 0 spiro atoms. The molecule has 0 aromatic heterocycles. The standard InChI is InChI=1S/C13H29N3O2/c1-5-15-13(3,12(14)17)8-7-9-16(6-2)10-11-18-4/h15H,5-11H2,1-4H3,(H2,14,17). The van der Waals surface area contributed by atoms with Gasteiger partial charge in [-0.15, -0.1) is 0 Å². The van der Waals surface area contributed by atoms with Gasteiger partial charge in [0.25, 0.3) is 0 Å². The molecule has 0 heterocycles. The molecule has 0 aliphatic heterocycles. The van der Waals surface area contributed by atoms with E-state index in [1.54, 1.807) is 7.11 Å². The fourth-order valence-electron chi connectivity index (χ4n) is 1.99. The maximum Gasteiger partial charge on any atom is 0.237 e. The van der Waals surface area contributed by atoms with Gasteiger partial charge in [-0.3, -0.25) is 4.79 Å². The third-order valence-electron chi connectivity index (χ3n) is 3.32. The molecule has 1 amide bonds. The summed E-state index contributed by atoms with van der Waals surface area (Å²) >= 11 is 0. The summed E-state index contributed by atoms with van der Waals surface area (Å²) in [5.74, 6) is -0.274. The molecular weight excluding hydrogens is 230 g/mol. The molecule has 0 aromatic carbocycles. The van der Waals surface area contributed by atoms with Crippen molar-refractivity contribution in [2.75, 3.05) is 39.9 Å². The number of hydrogen-bond acceptors (Lipinski definition) is 4. The van der Waals surface area contributed by atoms with Gasteiger partial charge < -0.3 is 20.7 Å². The second-order valence-electron chi connectivity index (χ2n) is 4.76. The van der Waals surface area contributed by atoms with Gasteiger partial charge in [-0.1, -0.05) is 13.8 Å². The van der Waals surface area contributed by atoms with Gasteiger partial charge in [0.2, 0.25) is 5.91 Å². The molecule has 1 atom stereocenters. The van der Waals surface area contributed by atoms with E-state index in [2.05, 4.69) is 17.1 Å². The fraction of sp³-hybridized carbons (Fsp3) is 0.923. The molecule has 0 bridgehead atoms. The highest BCUT2D eigenvalue weighted by Gasteiger charge is 2.29. The lowest BCUT2D eigenvalue weighted by Gasteiger charge is -2.28. The van der Waals surface area contributed by atoms with Crippen molar-refractivity contribution in [1.29, 1.82) is 0 Å². The first-order valence-electron chi connectivity index (χ1n) is 6.76. The van der Waals surface area contributed by atoms with Crippen LogP contribution in [0.3, 0.4) is 0 Å². The summed E-state index contributed by atoms with van der Waals surface area (Å²) < 4.78 is 5.07. The van der Waals surface area contributed by atoms with Gasteiger partial charge in [0, 0.05) is 13.7 Å². The first kappa shape index (κ1) is 17.4. The van der Waals surface area contributed by atoms with E-state index >= 15 is 0 Å². The minimum Gasteiger partial charge on any atom is -0.383 e. The number of likely N-dealkylation sites (N-methyl/N-ethyl adjacent to an activating group) is 2. The molecule has 0 saturated carbocycles. The Morgan fingerprint density at radius 1 is 1.39 bits per heavy atom. The molecule has 18 heavy (non-hydrogen) atoms. The molecule has 5 nitrogen and oxygen atoms in total. The number of methoxy groups -OCH3 is 1. The SMILES string of the molecule is CCNC(C)(CCCN(CC)CCOC)C(N)=O. The van der Waals surface area contributed by atoms with Gasteiger partial charge in [-0.2, -0.15) is 0 Å². The zero-order valence-electron chi connectivity index (χ0n) is 12.3. The third kappa shape index (κ3) is 6.33. The number of primary amides is 1. The number of nitrogens with one attached hydrogen (secondary N) is 1. The van der Waals surface area contributed by atoms with Gasteiger partial charge >= 0.3 is 0 Å². The smallest absolute Gasteiger partial charge is 0.237 e. The number of carbonyl (C=O) groups is 1. The monoisotopic (exact) mass is 259 g/mol. The second kappa shape index (κ2) is 9.30. The molecule has 1 unspecified atom stereocenters. The number of nitrogens with two attached hydrogens (primary N) is 1. The number of hydrogen-bond donors (Lipinski definition) is 2. The minimum absolute atomic E-state index is 0.274. The average Bonchev–Trinajstić information content (AvgIpc) is 2.33. The van der Waals surface area contributed by atoms with Crippen LogP contribution in [0, 0.1) is 0 Å². The van der Waals surface area contributed by atoms with Crippen molar-refractivity contribution in [2.24, 2.45) is 5.73 Å². The van der Waals surface area contributed by atoms with E-state index in [0.717, 1.165) is 45.6 Å². The molecular formula is C13H29N3O2. The maximum atomic E-state index is 11.5. The zero-order valence-corrected chi connectivity index (χ0v) is 12.3. The Bertz CT molecular complexity index is 236. The van der Waals surface area contributed by atoms with Crippen LogP contribution < -0.4 is 11.1 Å². The number of ether oxygens (including phenoxy) is 1. The van der Waals surface area contributed by atoms with Crippen molar-refractivity contribution in [3.63, 3.8) is 0 Å². The van der Waals surface area contributed by atoms with Crippen LogP contribution in [0.4, 0.5) is 0 Å². The second-order valence-corrected chi connectivity index (χ2v) is 4.76. The Morgan fingerprint density at radius 2 is 2.06 bits per heavy atom. The number of amides is 1. The van der Waals surface area contributed by atoms with E-state index in [0.29, 0.717) is 0 Å². The summed E-state index contributed by atoms with van der Waals surface area (Å²) in [6.45, 7) is 10.4. The summed E-state index contributed by atoms with van der Waals surface area (Å²) in [5, 5.41) is 3.18. The predicted octanol–water partition coefficient (Wildman–Crippen LogP) is 0.588. The first-order chi connectivity index (χ1) is 8.50. The summed E-state index contributed by atoms with van der Waals surface area (Å²) in [7, 11) is 1.71. The van der Waals surface area contributed by atoms with Gasteiger partial charge in [0.05, 0.1) is 12.1 Å². The van der Waals surface area contributed by atoms with Crippen LogP contribution >= 0.6 is 0 Å². The molecule has 108 valence electrons. The number of nitrogens with zero attached hydrogens (tertiary/aromatic N) is 1. The van der Waals surface area contributed by atoms with E-state index in [1.165, 1.54) is 0 Å². The van der Waals surface area contributed by atoms with E-state index < -0.39 is 5.54 Å². The number of rotatable bonds is 11. The van der Waals surface area contributed by atoms with Gasteiger partial charge in [-0.25, -0.2) is 0 Å². The van der Waals surface area contributed by atoms with Crippen LogP contribution in [0.25, 0.3) is 0 Å². The topological polar surface area (TPSA) is 67.6 Å². The zero-order chi connectivity index (χ0) is 14.0. The summed E-state index contributed by atoms with van der Waals surface area (Å²) in [4.78, 5) is 13.8. The van der Waals surface area contributed by atoms with E-state index in [1.807, 2.05) is 13.8 Å². The highest BCUT2D eigenvalue weighted by molar-refractivity contribution is 5.84. The van der Waals surface area contributed by atoms with Gasteiger partial charge in [-0.05, 0) is 39.4 Å². The van der Waals surface area contributed by atoms with E-state index in [4.69, 9.17) is 10.5 Å². The highest BCUT2D eigenvalue weighted by atomic mass is 16.5. The van der Waals surface area contributed by atoms with Gasteiger partial charge in [0.15, 0.2) is 0 Å². The molecule has 0 rings (SSSR count). The Labute approximate surface area is 111 Å². The summed E-state index contributed by atoms with van der Waals surface area (Å²) in [5.41, 5.74) is 4.86. The Morgan fingerprint density at radius 3 is 2.50 bits per heavy atom. The molecule has 0 fully saturated rings. The van der Waals surface area contributed by atoms with Crippen LogP contribution in [0.1, 0.15) is 33.6 Å². The first-order valence-corrected chi connectivity index (χ1v) is 6.76. The molecule has 0 radical (unpaired) electrons. The van der Waals surface area contributed by atoms with Crippen molar-refractivity contribution >= 4 is 5.91 Å². The predicted molar refractivity (Wildman–Crippen MR) is 74.5 cm³/mol. The van der Waals surface area contributed by atoms with Crippen molar-refractivity contribution in [1.82, 2.24) is 10.2 Å². The molecule has 0 aliphatic carbocycles. The Kier molecular flexibility index (Phi) is 8.97. The summed E-state index contributed by atoms with van der Waals surface area (Å²) in [6.07, 6.45) is 1.71. The van der Waals surface area contributed by atoms with Crippen molar-refractivity contribution in [2.45, 2.75) is 39.2 Å². The average molecular weight is 259 g/mol. The molecule has 0 aromatic rings. The van der Waals surface area contributed by atoms with Crippen LogP contribution in [0.5, 0.6) is 0 Å². The van der Waals surface area contributed by atoms with E-state index in [-0.39, 0.29) is 5.91 Å². The lowest BCUT2D eigenvalue weighted by Crippen LogP contribution is -2.53. The minimum atomic E-state index is -0.588. The van der Waals surface area contributed by atoms with Gasteiger partial charge in [0.1, 0.15) is 0 Å². The third-order valence-corrected chi connectivity index (χ3v) is 3.32. The van der Waals surface area contributed by atoms with Crippen molar-refractivity contribution in [3.05, 3.63) is 0 Å². The van der Waals surface area contributed by atoms with E-state index in [9.17, 15) is 4.79 Å². The molecule has 3 N–H and O–H groups in total. The Hall–Kier alpha value is -0.650. The van der Waals surface area contributed by atoms with Crippen LogP contribution in [-0.2, 0) is 9.53 Å². The maximum absolute atomic E-state index is 11.5. The number of carbonyl (C=O) groups excluding carboxylic acids is 1.